The zero-order chi connectivity index (χ0) is 27.5. The summed E-state index contributed by atoms with van der Waals surface area (Å²) < 4.78 is 13.3. The molecule has 5 aromatic rings. The van der Waals surface area contributed by atoms with E-state index in [1.807, 2.05) is 104 Å². The van der Waals surface area contributed by atoms with Crippen LogP contribution in [0, 0.1) is 0 Å². The third-order valence-electron chi connectivity index (χ3n) is 7.20. The van der Waals surface area contributed by atoms with Crippen LogP contribution in [0.1, 0.15) is 41.3 Å². The normalized spacial score (nSPS) is 14.2. The molecule has 0 spiro atoms. The molecule has 0 fully saturated rings. The molecule has 1 aliphatic rings. The van der Waals surface area contributed by atoms with Gasteiger partial charge in [0.25, 0.3) is 5.91 Å². The number of fused-ring (bicyclic) bond motifs is 2. The Morgan fingerprint density at radius 3 is 2.65 bits per heavy atom. The van der Waals surface area contributed by atoms with Crippen LogP contribution in [0.4, 0.5) is 0 Å². The van der Waals surface area contributed by atoms with E-state index < -0.39 is 6.29 Å². The first-order valence-electron chi connectivity index (χ1n) is 13.5. The Morgan fingerprint density at radius 2 is 1.80 bits per heavy atom. The Bertz CT molecular complexity index is 1750. The fraction of sp³-hybridized carbons (Fsp3) is 0.176. The van der Waals surface area contributed by atoms with E-state index >= 15 is 0 Å². The van der Waals surface area contributed by atoms with Crippen LogP contribution < -0.4 is 4.74 Å². The molecule has 0 radical (unpaired) electrons. The fourth-order valence-electron chi connectivity index (χ4n) is 5.29. The monoisotopic (exact) mass is 530 g/mol. The largest absolute Gasteiger partial charge is 0.493 e. The number of aromatic nitrogens is 2. The Morgan fingerprint density at radius 1 is 1.00 bits per heavy atom. The van der Waals surface area contributed by atoms with Gasteiger partial charge in [-0.15, -0.1) is 0 Å². The van der Waals surface area contributed by atoms with Crippen molar-refractivity contribution in [3.05, 3.63) is 126 Å². The Labute approximate surface area is 232 Å². The summed E-state index contributed by atoms with van der Waals surface area (Å²) >= 11 is 0. The first-order chi connectivity index (χ1) is 19.6. The van der Waals surface area contributed by atoms with Crippen molar-refractivity contribution in [2.24, 2.45) is 0 Å². The summed E-state index contributed by atoms with van der Waals surface area (Å²) in [6.07, 6.45) is 8.02. The van der Waals surface area contributed by atoms with Gasteiger partial charge in [-0.3, -0.25) is 9.36 Å². The highest BCUT2D eigenvalue weighted by molar-refractivity contribution is 6.13. The molecule has 2 aromatic heterocycles. The van der Waals surface area contributed by atoms with E-state index in [1.54, 1.807) is 10.8 Å². The number of pyridine rings is 1. The Hall–Kier alpha value is -4.52. The number of nitrogens with zero attached hydrogens (tertiary/aromatic N) is 2. The van der Waals surface area contributed by atoms with E-state index in [1.165, 1.54) is 0 Å². The maximum atomic E-state index is 14.2. The van der Waals surface area contributed by atoms with Crippen LogP contribution in [0.15, 0.2) is 109 Å². The van der Waals surface area contributed by atoms with Crippen LogP contribution in [0.5, 0.6) is 5.75 Å². The molecule has 6 rings (SSSR count). The summed E-state index contributed by atoms with van der Waals surface area (Å²) in [5.41, 5.74) is 4.73. The van der Waals surface area contributed by atoms with E-state index in [2.05, 4.69) is 4.98 Å². The van der Waals surface area contributed by atoms with Gasteiger partial charge in [-0.25, -0.2) is 4.98 Å². The minimum absolute atomic E-state index is 0.200. The van der Waals surface area contributed by atoms with Crippen molar-refractivity contribution in [1.82, 2.24) is 9.55 Å². The van der Waals surface area contributed by atoms with Gasteiger partial charge < -0.3 is 14.6 Å². The molecule has 0 bridgehead atoms. The number of carbonyl (C=O) groups excluding carboxylic acids is 1. The first-order valence-corrected chi connectivity index (χ1v) is 13.5. The zero-order valence-electron chi connectivity index (χ0n) is 22.3. The van der Waals surface area contributed by atoms with Crippen molar-refractivity contribution in [3.8, 4) is 5.75 Å². The standard InChI is InChI=1S/C34H30N2O4/c1-2-39-30-18-17-24-12-6-7-15-27(24)31(30)33(37)36-21-29(28-16-9-19-35-32(28)36)25-13-8-14-26(20-25)34(38)40-22-23-10-4-3-5-11-23/h3-7,9-12,14-21,34,38H,2,8,13,22H2,1H3. The van der Waals surface area contributed by atoms with Crippen LogP contribution in [0.25, 0.3) is 27.4 Å². The van der Waals surface area contributed by atoms with Crippen LogP contribution >= 0.6 is 0 Å². The molecule has 0 saturated heterocycles. The minimum Gasteiger partial charge on any atom is -0.493 e. The lowest BCUT2D eigenvalue weighted by atomic mass is 9.93. The molecule has 1 aliphatic carbocycles. The third kappa shape index (κ3) is 4.95. The van der Waals surface area contributed by atoms with Crippen LogP contribution in [-0.2, 0) is 11.3 Å². The molecule has 6 nitrogen and oxygen atoms in total. The summed E-state index contributed by atoms with van der Waals surface area (Å²) in [4.78, 5) is 18.8. The fourth-order valence-corrected chi connectivity index (χ4v) is 5.29. The molecule has 0 amide bonds. The number of aliphatic hydroxyl groups is 1. The molecule has 0 aliphatic heterocycles. The van der Waals surface area contributed by atoms with E-state index in [4.69, 9.17) is 9.47 Å². The third-order valence-corrected chi connectivity index (χ3v) is 7.20. The van der Waals surface area contributed by atoms with Crippen LogP contribution in [0.2, 0.25) is 0 Å². The predicted molar refractivity (Wildman–Crippen MR) is 157 cm³/mol. The van der Waals surface area contributed by atoms with Gasteiger partial charge in [0.05, 0.1) is 18.8 Å². The van der Waals surface area contributed by atoms with E-state index in [0.29, 0.717) is 35.7 Å². The average molecular weight is 531 g/mol. The molecule has 1 atom stereocenters. The zero-order valence-corrected chi connectivity index (χ0v) is 22.3. The van der Waals surface area contributed by atoms with Crippen molar-refractivity contribution < 1.29 is 19.4 Å². The van der Waals surface area contributed by atoms with E-state index in [9.17, 15) is 9.90 Å². The summed E-state index contributed by atoms with van der Waals surface area (Å²) in [7, 11) is 0. The molecular formula is C34H30N2O4. The van der Waals surface area contributed by atoms with Gasteiger partial charge in [-0.2, -0.15) is 0 Å². The summed E-state index contributed by atoms with van der Waals surface area (Å²) in [5.74, 6) is 0.347. The molecule has 40 heavy (non-hydrogen) atoms. The number of hydrogen-bond donors (Lipinski definition) is 1. The van der Waals surface area contributed by atoms with Crippen molar-refractivity contribution in [1.29, 1.82) is 0 Å². The van der Waals surface area contributed by atoms with Crippen LogP contribution in [0.3, 0.4) is 0 Å². The highest BCUT2D eigenvalue weighted by atomic mass is 16.6. The second-order valence-electron chi connectivity index (χ2n) is 9.75. The summed E-state index contributed by atoms with van der Waals surface area (Å²) in [6.45, 7) is 2.67. The number of benzene rings is 3. The molecular weight excluding hydrogens is 500 g/mol. The van der Waals surface area contributed by atoms with Gasteiger partial charge >= 0.3 is 0 Å². The predicted octanol–water partition coefficient (Wildman–Crippen LogP) is 6.92. The summed E-state index contributed by atoms with van der Waals surface area (Å²) in [6, 6.07) is 25.3. The van der Waals surface area contributed by atoms with E-state index in [-0.39, 0.29) is 5.91 Å². The number of allylic oxidation sites excluding steroid dienone is 2. The molecule has 1 unspecified atom stereocenters. The number of carbonyl (C=O) groups is 1. The van der Waals surface area contributed by atoms with Gasteiger partial charge in [-0.1, -0.05) is 72.8 Å². The van der Waals surface area contributed by atoms with Crippen molar-refractivity contribution >= 4 is 33.3 Å². The highest BCUT2D eigenvalue weighted by Crippen LogP contribution is 2.35. The van der Waals surface area contributed by atoms with Gasteiger partial charge in [0.1, 0.15) is 11.4 Å². The minimum atomic E-state index is -1.05. The number of hydrogen-bond acceptors (Lipinski definition) is 5. The van der Waals surface area contributed by atoms with Crippen LogP contribution in [-0.4, -0.2) is 33.5 Å². The number of ether oxygens (including phenoxy) is 2. The lowest BCUT2D eigenvalue weighted by molar-refractivity contribution is -0.0792. The average Bonchev–Trinajstić information content (AvgIpc) is 3.40. The SMILES string of the molecule is CCOc1ccc2ccccc2c1C(=O)n1cc(C2=CC(C(O)OCc3ccccc3)=CCC2)c2cccnc21. The van der Waals surface area contributed by atoms with Crippen molar-refractivity contribution in [2.75, 3.05) is 6.61 Å². The van der Waals surface area contributed by atoms with Crippen molar-refractivity contribution in [2.45, 2.75) is 32.7 Å². The van der Waals surface area contributed by atoms with Gasteiger partial charge in [0.15, 0.2) is 6.29 Å². The number of aliphatic hydroxyl groups excluding tert-OH is 1. The Balaban J connectivity index is 1.38. The maximum Gasteiger partial charge on any atom is 0.267 e. The van der Waals surface area contributed by atoms with Crippen molar-refractivity contribution in [3.63, 3.8) is 0 Å². The quantitative estimate of drug-likeness (QED) is 0.221. The van der Waals surface area contributed by atoms with Gasteiger partial charge in [-0.05, 0) is 59.9 Å². The van der Waals surface area contributed by atoms with E-state index in [0.717, 1.165) is 45.7 Å². The van der Waals surface area contributed by atoms with Gasteiger partial charge in [0, 0.05) is 28.9 Å². The molecule has 200 valence electrons. The highest BCUT2D eigenvalue weighted by Gasteiger charge is 2.24. The van der Waals surface area contributed by atoms with Gasteiger partial charge in [0.2, 0.25) is 0 Å². The molecule has 6 heteroatoms. The molecule has 3 aromatic carbocycles. The maximum absolute atomic E-state index is 14.2. The second-order valence-corrected chi connectivity index (χ2v) is 9.75. The second kappa shape index (κ2) is 11.3. The Kier molecular flexibility index (Phi) is 7.27. The number of rotatable bonds is 8. The summed E-state index contributed by atoms with van der Waals surface area (Å²) in [5, 5.41) is 13.5. The molecule has 0 saturated carbocycles. The smallest absolute Gasteiger partial charge is 0.267 e. The lowest BCUT2D eigenvalue weighted by Gasteiger charge is -2.19. The first kappa shape index (κ1) is 25.7. The molecule has 1 N–H and O–H groups in total. The lowest BCUT2D eigenvalue weighted by Crippen LogP contribution is -2.15. The molecule has 2 heterocycles. The topological polar surface area (TPSA) is 73.6 Å².